The Labute approximate surface area is 174 Å². The quantitative estimate of drug-likeness (QED) is 0.282. The molecule has 0 N–H and O–H groups in total. The van der Waals surface area contributed by atoms with Gasteiger partial charge in [0.1, 0.15) is 7.05 Å². The van der Waals surface area contributed by atoms with Gasteiger partial charge in [-0.2, -0.15) is 0 Å². The summed E-state index contributed by atoms with van der Waals surface area (Å²) >= 11 is 0. The molecule has 2 heterocycles. The Morgan fingerprint density at radius 1 is 0.931 bits per heavy atom. The van der Waals surface area contributed by atoms with Gasteiger partial charge in [0.05, 0.1) is 10.9 Å². The Morgan fingerprint density at radius 3 is 2.55 bits per heavy atom. The molecule has 1 aliphatic carbocycles. The summed E-state index contributed by atoms with van der Waals surface area (Å²) in [6, 6.07) is 18.8. The van der Waals surface area contributed by atoms with Crippen LogP contribution < -0.4 is 15.2 Å². The van der Waals surface area contributed by atoms with Crippen LogP contribution in [0.3, 0.4) is 0 Å². The summed E-state index contributed by atoms with van der Waals surface area (Å²) in [6.45, 7) is 4.80. The van der Waals surface area contributed by atoms with Crippen LogP contribution in [0.4, 0.5) is 0 Å². The molecule has 2 heteroatoms. The fourth-order valence-electron chi connectivity index (χ4n) is 5.77. The van der Waals surface area contributed by atoms with Crippen molar-refractivity contribution in [2.75, 3.05) is 6.66 Å². The molecule has 0 saturated heterocycles. The number of hydrogen-bond acceptors (Lipinski definition) is 0. The van der Waals surface area contributed by atoms with Crippen LogP contribution >= 0.6 is 7.92 Å². The highest BCUT2D eigenvalue weighted by Gasteiger charge is 2.33. The molecule has 1 atom stereocenters. The van der Waals surface area contributed by atoms with Crippen LogP contribution in [0.5, 0.6) is 0 Å². The molecular weight excluding hydrogens is 369 g/mol. The molecule has 1 saturated carbocycles. The first kappa shape index (κ1) is 17.6. The number of nitrogens with zero attached hydrogens (tertiary/aromatic N) is 1. The van der Waals surface area contributed by atoms with Gasteiger partial charge in [-0.1, -0.05) is 43.2 Å². The zero-order chi connectivity index (χ0) is 19.7. The highest BCUT2D eigenvalue weighted by molar-refractivity contribution is 7.73. The number of pyridine rings is 1. The van der Waals surface area contributed by atoms with Crippen molar-refractivity contribution >= 4 is 40.1 Å². The normalized spacial score (nSPS) is 18.5. The topological polar surface area (TPSA) is 3.88 Å². The summed E-state index contributed by atoms with van der Waals surface area (Å²) in [5.41, 5.74) is 5.90. The van der Waals surface area contributed by atoms with E-state index in [2.05, 4.69) is 79.9 Å². The summed E-state index contributed by atoms with van der Waals surface area (Å²) in [6.07, 6.45) is 7.77. The largest absolute Gasteiger partial charge is 0.221 e. The predicted octanol–water partition coefficient (Wildman–Crippen LogP) is 5.83. The van der Waals surface area contributed by atoms with Crippen molar-refractivity contribution in [2.45, 2.75) is 38.5 Å². The van der Waals surface area contributed by atoms with E-state index in [0.717, 1.165) is 5.92 Å². The van der Waals surface area contributed by atoms with Crippen molar-refractivity contribution < 1.29 is 4.57 Å². The lowest BCUT2D eigenvalue weighted by molar-refractivity contribution is -0.659. The van der Waals surface area contributed by atoms with Crippen molar-refractivity contribution in [2.24, 2.45) is 7.05 Å². The van der Waals surface area contributed by atoms with Crippen molar-refractivity contribution in [1.82, 2.24) is 0 Å². The van der Waals surface area contributed by atoms with Crippen molar-refractivity contribution in [1.29, 1.82) is 0 Å². The standard InChI is InChI=1S/C27H27NP/c1-17-22-11-7-6-10-19(22)15-23-25(17)27-26-20(12-13-28(27)2)14-21(16-24(26)29(23)3)18-8-4-5-9-18/h6-7,10-16,18H,4-5,8-9H2,1-3H3/q+1. The molecule has 0 bridgehead atoms. The van der Waals surface area contributed by atoms with Gasteiger partial charge in [0.15, 0.2) is 6.20 Å². The maximum absolute atomic E-state index is 2.58. The summed E-state index contributed by atoms with van der Waals surface area (Å²) in [7, 11) is 1.85. The minimum Gasteiger partial charge on any atom is -0.200 e. The second-order valence-electron chi connectivity index (χ2n) is 8.94. The van der Waals surface area contributed by atoms with Crippen molar-refractivity contribution in [3.05, 3.63) is 65.9 Å². The fraction of sp³-hybridized carbons (Fsp3) is 0.296. The lowest BCUT2D eigenvalue weighted by atomic mass is 9.91. The predicted molar refractivity (Wildman–Crippen MR) is 126 cm³/mol. The number of benzene rings is 3. The van der Waals surface area contributed by atoms with Crippen LogP contribution in [0.25, 0.3) is 32.8 Å². The molecule has 6 rings (SSSR count). The molecular formula is C27H27NP+. The maximum atomic E-state index is 2.58. The fourth-order valence-corrected chi connectivity index (χ4v) is 7.88. The number of aromatic nitrogens is 1. The van der Waals surface area contributed by atoms with Crippen molar-refractivity contribution in [3.63, 3.8) is 0 Å². The second kappa shape index (κ2) is 6.38. The Kier molecular flexibility index (Phi) is 3.87. The minimum absolute atomic E-state index is 0.358. The third-order valence-corrected chi connectivity index (χ3v) is 9.46. The molecule has 1 fully saturated rings. The molecule has 0 amide bonds. The van der Waals surface area contributed by atoms with E-state index in [9.17, 15) is 0 Å². The number of rotatable bonds is 1. The van der Waals surface area contributed by atoms with Gasteiger partial charge in [-0.3, -0.25) is 0 Å². The van der Waals surface area contributed by atoms with E-state index in [1.807, 2.05) is 0 Å². The van der Waals surface area contributed by atoms with Gasteiger partial charge in [0.2, 0.25) is 5.69 Å². The van der Waals surface area contributed by atoms with Gasteiger partial charge in [-0.05, 0) is 90.3 Å². The van der Waals surface area contributed by atoms with E-state index >= 15 is 0 Å². The number of aryl methyl sites for hydroxylation is 2. The summed E-state index contributed by atoms with van der Waals surface area (Å²) in [5.74, 6) is 0.760. The Balaban J connectivity index is 1.73. The highest BCUT2D eigenvalue weighted by Crippen LogP contribution is 2.47. The Morgan fingerprint density at radius 2 is 1.72 bits per heavy atom. The molecule has 1 unspecified atom stereocenters. The molecule has 2 aliphatic rings. The molecule has 4 aromatic rings. The maximum Gasteiger partial charge on any atom is 0.221 e. The van der Waals surface area contributed by atoms with E-state index in [1.165, 1.54) is 64.0 Å². The zero-order valence-electron chi connectivity index (χ0n) is 17.5. The smallest absolute Gasteiger partial charge is 0.200 e. The molecule has 0 radical (unpaired) electrons. The van der Waals surface area contributed by atoms with Gasteiger partial charge >= 0.3 is 0 Å². The van der Waals surface area contributed by atoms with Crippen LogP contribution in [0.15, 0.2) is 54.7 Å². The van der Waals surface area contributed by atoms with Crippen LogP contribution in [0.2, 0.25) is 0 Å². The average molecular weight is 396 g/mol. The lowest BCUT2D eigenvalue weighted by Crippen LogP contribution is -2.36. The number of hydrogen-bond donors (Lipinski definition) is 0. The highest BCUT2D eigenvalue weighted by atomic mass is 31.1. The van der Waals surface area contributed by atoms with Crippen molar-refractivity contribution in [3.8, 4) is 11.3 Å². The minimum atomic E-state index is -0.358. The molecule has 1 aromatic heterocycles. The van der Waals surface area contributed by atoms with Crippen LogP contribution in [-0.4, -0.2) is 6.66 Å². The second-order valence-corrected chi connectivity index (χ2v) is 11.0. The average Bonchev–Trinajstić information content (AvgIpc) is 3.28. The van der Waals surface area contributed by atoms with Gasteiger partial charge < -0.3 is 0 Å². The van der Waals surface area contributed by atoms with E-state index in [-0.39, 0.29) is 7.92 Å². The molecule has 1 aliphatic heterocycles. The summed E-state index contributed by atoms with van der Waals surface area (Å²) in [5, 5.41) is 8.84. The van der Waals surface area contributed by atoms with E-state index in [0.29, 0.717) is 0 Å². The van der Waals surface area contributed by atoms with Gasteiger partial charge in [-0.25, -0.2) is 4.57 Å². The third kappa shape index (κ3) is 2.47. The van der Waals surface area contributed by atoms with E-state index in [1.54, 1.807) is 16.2 Å². The molecule has 29 heavy (non-hydrogen) atoms. The van der Waals surface area contributed by atoms with Crippen LogP contribution in [0.1, 0.15) is 42.7 Å². The lowest BCUT2D eigenvalue weighted by Gasteiger charge is -2.28. The van der Waals surface area contributed by atoms with Gasteiger partial charge in [-0.15, -0.1) is 0 Å². The first-order valence-corrected chi connectivity index (χ1v) is 12.6. The Hall–Kier alpha value is -2.24. The number of fused-ring (bicyclic) bond motifs is 3. The zero-order valence-corrected chi connectivity index (χ0v) is 18.4. The summed E-state index contributed by atoms with van der Waals surface area (Å²) < 4.78 is 2.35. The molecule has 0 spiro atoms. The van der Waals surface area contributed by atoms with E-state index < -0.39 is 0 Å². The third-order valence-electron chi connectivity index (χ3n) is 7.31. The summed E-state index contributed by atoms with van der Waals surface area (Å²) in [4.78, 5) is 0. The van der Waals surface area contributed by atoms with Gasteiger partial charge in [0.25, 0.3) is 0 Å². The first-order valence-electron chi connectivity index (χ1n) is 10.9. The molecule has 144 valence electrons. The SMILES string of the molecule is Cc1c2c(cc3ccccc13)P(C)c1cc(C3CCCC3)cc3cc[n+](C)c-2c13. The van der Waals surface area contributed by atoms with Crippen LogP contribution in [-0.2, 0) is 7.05 Å². The monoisotopic (exact) mass is 396 g/mol. The van der Waals surface area contributed by atoms with E-state index in [4.69, 9.17) is 0 Å². The molecule has 3 aromatic carbocycles. The molecule has 1 nitrogen and oxygen atoms in total. The van der Waals surface area contributed by atoms with Gasteiger partial charge in [0, 0.05) is 6.07 Å². The van der Waals surface area contributed by atoms with Crippen LogP contribution in [0, 0.1) is 6.92 Å². The Bertz CT molecular complexity index is 1300. The first-order chi connectivity index (χ1) is 14.1.